The highest BCUT2D eigenvalue weighted by Gasteiger charge is 2.21. The zero-order valence-corrected chi connectivity index (χ0v) is 21.9. The van der Waals surface area contributed by atoms with Crippen LogP contribution in [0, 0.1) is 0 Å². The number of piperidine rings is 1. The van der Waals surface area contributed by atoms with Gasteiger partial charge in [-0.25, -0.2) is 4.99 Å². The predicted octanol–water partition coefficient (Wildman–Crippen LogP) is 4.53. The molecule has 33 heavy (non-hydrogen) atoms. The van der Waals surface area contributed by atoms with Crippen molar-refractivity contribution in [2.45, 2.75) is 32.4 Å². The number of guanidine groups is 1. The van der Waals surface area contributed by atoms with Gasteiger partial charge in [0.15, 0.2) is 5.96 Å². The van der Waals surface area contributed by atoms with E-state index in [0.29, 0.717) is 12.6 Å². The van der Waals surface area contributed by atoms with Crippen LogP contribution >= 0.6 is 24.0 Å². The molecule has 1 saturated heterocycles. The van der Waals surface area contributed by atoms with E-state index in [2.05, 4.69) is 63.8 Å². The number of hydrogen-bond donors (Lipinski definition) is 3. The molecule has 8 heteroatoms. The first-order valence-electron chi connectivity index (χ1n) is 11.3. The lowest BCUT2D eigenvalue weighted by Gasteiger charge is -2.34. The van der Waals surface area contributed by atoms with Crippen LogP contribution in [0.3, 0.4) is 0 Å². The van der Waals surface area contributed by atoms with E-state index in [-0.39, 0.29) is 24.0 Å². The maximum Gasteiger partial charge on any atom is 0.191 e. The van der Waals surface area contributed by atoms with Gasteiger partial charge in [-0.05, 0) is 37.3 Å². The zero-order chi connectivity index (χ0) is 22.3. The summed E-state index contributed by atoms with van der Waals surface area (Å²) < 4.78 is 10.9. The highest BCUT2D eigenvalue weighted by Crippen LogP contribution is 2.30. The van der Waals surface area contributed by atoms with Gasteiger partial charge in [-0.3, -0.25) is 0 Å². The summed E-state index contributed by atoms with van der Waals surface area (Å²) in [5.74, 6) is 2.50. The number of anilines is 1. The Morgan fingerprint density at radius 3 is 2.39 bits per heavy atom. The fourth-order valence-electron chi connectivity index (χ4n) is 4.15. The van der Waals surface area contributed by atoms with E-state index in [1.807, 2.05) is 12.1 Å². The quantitative estimate of drug-likeness (QED) is 0.224. The number of para-hydroxylation sites is 1. The molecule has 1 fully saturated rings. The lowest BCUT2D eigenvalue weighted by atomic mass is 10.0. The first kappa shape index (κ1) is 25.0. The molecule has 3 N–H and O–H groups in total. The SMILES string of the molecule is CCNC(=NCc1cc2ccccc2[nH]1)NC1CCN(c2cc(OC)cc(OC)c2)CC1.I. The Morgan fingerprint density at radius 1 is 1.06 bits per heavy atom. The van der Waals surface area contributed by atoms with Crippen LogP contribution in [0.4, 0.5) is 5.69 Å². The van der Waals surface area contributed by atoms with Gasteiger partial charge in [0.2, 0.25) is 0 Å². The molecule has 0 saturated carbocycles. The van der Waals surface area contributed by atoms with Gasteiger partial charge in [-0.1, -0.05) is 18.2 Å². The fourth-order valence-corrected chi connectivity index (χ4v) is 4.15. The largest absolute Gasteiger partial charge is 0.497 e. The molecule has 0 aliphatic carbocycles. The minimum atomic E-state index is 0. The minimum absolute atomic E-state index is 0. The number of aliphatic imine (C=N–C) groups is 1. The molecule has 0 unspecified atom stereocenters. The molecule has 2 aromatic carbocycles. The summed E-state index contributed by atoms with van der Waals surface area (Å²) >= 11 is 0. The van der Waals surface area contributed by atoms with Crippen LogP contribution in [-0.2, 0) is 6.54 Å². The number of aromatic nitrogens is 1. The topological polar surface area (TPSA) is 73.9 Å². The van der Waals surface area contributed by atoms with Gasteiger partial charge >= 0.3 is 0 Å². The van der Waals surface area contributed by atoms with E-state index < -0.39 is 0 Å². The molecule has 7 nitrogen and oxygen atoms in total. The molecule has 2 heterocycles. The van der Waals surface area contributed by atoms with E-state index in [4.69, 9.17) is 14.5 Å². The third-order valence-corrected chi connectivity index (χ3v) is 5.87. The van der Waals surface area contributed by atoms with Crippen molar-refractivity contribution in [3.05, 3.63) is 54.2 Å². The van der Waals surface area contributed by atoms with Gasteiger partial charge in [0.05, 0.1) is 20.8 Å². The monoisotopic (exact) mass is 563 g/mol. The smallest absolute Gasteiger partial charge is 0.191 e. The molecule has 1 aromatic heterocycles. The first-order chi connectivity index (χ1) is 15.7. The third-order valence-electron chi connectivity index (χ3n) is 5.87. The molecule has 178 valence electrons. The van der Waals surface area contributed by atoms with Crippen molar-refractivity contribution >= 4 is 46.5 Å². The normalized spacial score (nSPS) is 14.6. The van der Waals surface area contributed by atoms with Gasteiger partial charge in [0, 0.05) is 60.8 Å². The predicted molar refractivity (Wildman–Crippen MR) is 146 cm³/mol. The number of fused-ring (bicyclic) bond motifs is 1. The maximum absolute atomic E-state index is 5.43. The fraction of sp³-hybridized carbons (Fsp3) is 0.400. The third kappa shape index (κ3) is 6.46. The molecular formula is C25H34IN5O2. The van der Waals surface area contributed by atoms with Crippen LogP contribution in [0.15, 0.2) is 53.5 Å². The maximum atomic E-state index is 5.43. The second kappa shape index (κ2) is 12.0. The number of nitrogens with zero attached hydrogens (tertiary/aromatic N) is 2. The van der Waals surface area contributed by atoms with E-state index in [9.17, 15) is 0 Å². The number of benzene rings is 2. The van der Waals surface area contributed by atoms with Gasteiger partial charge in [0.25, 0.3) is 0 Å². The summed E-state index contributed by atoms with van der Waals surface area (Å²) in [4.78, 5) is 10.6. The number of hydrogen-bond acceptors (Lipinski definition) is 4. The van der Waals surface area contributed by atoms with E-state index in [1.165, 1.54) is 5.39 Å². The highest BCUT2D eigenvalue weighted by atomic mass is 127. The number of methoxy groups -OCH3 is 2. The van der Waals surface area contributed by atoms with Crippen molar-refractivity contribution in [1.82, 2.24) is 15.6 Å². The van der Waals surface area contributed by atoms with Crippen LogP contribution in [-0.4, -0.2) is 50.8 Å². The average molecular weight is 563 g/mol. The molecule has 0 bridgehead atoms. The van der Waals surface area contributed by atoms with Crippen molar-refractivity contribution in [3.63, 3.8) is 0 Å². The Balaban J connectivity index is 0.00000306. The minimum Gasteiger partial charge on any atom is -0.497 e. The number of nitrogens with one attached hydrogen (secondary N) is 3. The molecule has 1 aliphatic heterocycles. The lowest BCUT2D eigenvalue weighted by molar-refractivity contribution is 0.393. The Labute approximate surface area is 213 Å². The average Bonchev–Trinajstić information content (AvgIpc) is 3.26. The molecule has 0 amide bonds. The standard InChI is InChI=1S/C25H33N5O2.HI/c1-4-26-25(27-17-20-13-18-7-5-6-8-24(18)28-20)29-19-9-11-30(12-10-19)21-14-22(31-2)16-23(15-21)32-3;/h5-8,13-16,19,28H,4,9-12,17H2,1-3H3,(H2,26,27,29);1H. The van der Waals surface area contributed by atoms with Crippen LogP contribution in [0.25, 0.3) is 10.9 Å². The van der Waals surface area contributed by atoms with E-state index in [0.717, 1.165) is 66.8 Å². The number of aromatic amines is 1. The Hall–Kier alpha value is -2.62. The zero-order valence-electron chi connectivity index (χ0n) is 19.6. The lowest BCUT2D eigenvalue weighted by Crippen LogP contribution is -2.48. The van der Waals surface area contributed by atoms with Gasteiger partial charge in [-0.15, -0.1) is 24.0 Å². The summed E-state index contributed by atoms with van der Waals surface area (Å²) in [6.07, 6.45) is 2.08. The molecular weight excluding hydrogens is 529 g/mol. The van der Waals surface area contributed by atoms with E-state index >= 15 is 0 Å². The van der Waals surface area contributed by atoms with Gasteiger partial charge < -0.3 is 30.0 Å². The van der Waals surface area contributed by atoms with Crippen molar-refractivity contribution in [2.75, 3.05) is 38.8 Å². The summed E-state index contributed by atoms with van der Waals surface area (Å²) in [5, 5.41) is 8.23. The summed E-state index contributed by atoms with van der Waals surface area (Å²) in [5.41, 5.74) is 3.40. The molecule has 3 aromatic rings. The summed E-state index contributed by atoms with van der Waals surface area (Å²) in [6, 6.07) is 16.9. The molecule has 0 spiro atoms. The Morgan fingerprint density at radius 2 is 1.76 bits per heavy atom. The Kier molecular flexibility index (Phi) is 9.11. The van der Waals surface area contributed by atoms with Crippen LogP contribution < -0.4 is 25.0 Å². The second-order valence-corrected chi connectivity index (χ2v) is 8.05. The van der Waals surface area contributed by atoms with Crippen molar-refractivity contribution in [1.29, 1.82) is 0 Å². The molecule has 1 aliphatic rings. The highest BCUT2D eigenvalue weighted by molar-refractivity contribution is 14.0. The van der Waals surface area contributed by atoms with Crippen molar-refractivity contribution in [2.24, 2.45) is 4.99 Å². The van der Waals surface area contributed by atoms with Crippen molar-refractivity contribution < 1.29 is 9.47 Å². The Bertz CT molecular complexity index is 1000. The second-order valence-electron chi connectivity index (χ2n) is 8.05. The first-order valence-corrected chi connectivity index (χ1v) is 11.3. The van der Waals surface area contributed by atoms with Crippen LogP contribution in [0.5, 0.6) is 11.5 Å². The molecule has 0 radical (unpaired) electrons. The van der Waals surface area contributed by atoms with E-state index in [1.54, 1.807) is 14.2 Å². The van der Waals surface area contributed by atoms with Crippen molar-refractivity contribution in [3.8, 4) is 11.5 Å². The van der Waals surface area contributed by atoms with Crippen LogP contribution in [0.2, 0.25) is 0 Å². The summed E-state index contributed by atoms with van der Waals surface area (Å²) in [6.45, 7) is 5.48. The number of halogens is 1. The number of H-pyrrole nitrogens is 1. The number of ether oxygens (including phenoxy) is 2. The number of rotatable bonds is 7. The van der Waals surface area contributed by atoms with Gasteiger partial charge in [0.1, 0.15) is 11.5 Å². The van der Waals surface area contributed by atoms with Crippen LogP contribution in [0.1, 0.15) is 25.5 Å². The summed E-state index contributed by atoms with van der Waals surface area (Å²) in [7, 11) is 3.37. The molecule has 4 rings (SSSR count). The molecule has 0 atom stereocenters. The van der Waals surface area contributed by atoms with Gasteiger partial charge in [-0.2, -0.15) is 0 Å².